The smallest absolute Gasteiger partial charge is 0.252 e. The van der Waals surface area contributed by atoms with E-state index in [-0.39, 0.29) is 5.91 Å². The molecule has 0 spiro atoms. The number of hydrogen-bond acceptors (Lipinski definition) is 3. The van der Waals surface area contributed by atoms with Gasteiger partial charge in [0.1, 0.15) is 5.75 Å². The summed E-state index contributed by atoms with van der Waals surface area (Å²) in [4.78, 5) is 18.9. The lowest BCUT2D eigenvalue weighted by Gasteiger charge is -2.13. The fourth-order valence-corrected chi connectivity index (χ4v) is 2.98. The van der Waals surface area contributed by atoms with Crippen LogP contribution in [0.1, 0.15) is 17.3 Å². The zero-order valence-corrected chi connectivity index (χ0v) is 16.1. The zero-order valence-electron chi connectivity index (χ0n) is 16.1. The molecular weight excluding hydrogens is 338 g/mol. The Bertz CT molecular complexity index is 938. The number of ether oxygens (including phenoxy) is 1. The quantitative estimate of drug-likeness (QED) is 0.676. The third-order valence-electron chi connectivity index (χ3n) is 4.33. The van der Waals surface area contributed by atoms with E-state index in [1.165, 1.54) is 4.90 Å². The van der Waals surface area contributed by atoms with Crippen LogP contribution in [-0.4, -0.2) is 44.7 Å². The van der Waals surface area contributed by atoms with Crippen LogP contribution in [0.15, 0.2) is 54.6 Å². The number of nitrogens with zero attached hydrogens (tertiary/aromatic N) is 1. The minimum Gasteiger partial charge on any atom is -0.493 e. The van der Waals surface area contributed by atoms with E-state index >= 15 is 0 Å². The third-order valence-corrected chi connectivity index (χ3v) is 4.33. The molecule has 0 fully saturated rings. The van der Waals surface area contributed by atoms with Crippen molar-refractivity contribution >= 4 is 16.8 Å². The lowest BCUT2D eigenvalue weighted by Crippen LogP contribution is -3.06. The number of fused-ring (bicyclic) bond motifs is 1. The topological polar surface area (TPSA) is 55.7 Å². The highest BCUT2D eigenvalue weighted by Crippen LogP contribution is 2.31. The average Bonchev–Trinajstić information content (AvgIpc) is 2.67. The number of carbonyl (C=O) groups is 1. The van der Waals surface area contributed by atoms with Crippen LogP contribution in [0.3, 0.4) is 0 Å². The number of para-hydroxylation sites is 2. The first kappa shape index (κ1) is 18.9. The molecule has 140 valence electrons. The van der Waals surface area contributed by atoms with Gasteiger partial charge in [0.05, 0.1) is 50.6 Å². The van der Waals surface area contributed by atoms with Gasteiger partial charge in [0.25, 0.3) is 5.91 Å². The number of likely N-dealkylation sites (N-methyl/N-ethyl adjacent to an activating group) is 1. The van der Waals surface area contributed by atoms with Gasteiger partial charge < -0.3 is 15.0 Å². The number of hydrogen-bond donors (Lipinski definition) is 2. The molecule has 2 N–H and O–H groups in total. The summed E-state index contributed by atoms with van der Waals surface area (Å²) in [5.41, 5.74) is 3.05. The fraction of sp³-hybridized carbons (Fsp3) is 0.273. The Kier molecular flexibility index (Phi) is 6.04. The van der Waals surface area contributed by atoms with Crippen molar-refractivity contribution in [2.45, 2.75) is 6.92 Å². The Morgan fingerprint density at radius 1 is 1.11 bits per heavy atom. The summed E-state index contributed by atoms with van der Waals surface area (Å²) < 4.78 is 5.75. The SMILES string of the molecule is CCOc1ccccc1-c1cc(C(=O)NCC[NH+](C)C)c2ccccc2n1. The van der Waals surface area contributed by atoms with Gasteiger partial charge in [-0.2, -0.15) is 0 Å². The minimum absolute atomic E-state index is 0.0787. The van der Waals surface area contributed by atoms with Gasteiger partial charge in [0.15, 0.2) is 0 Å². The van der Waals surface area contributed by atoms with Crippen molar-refractivity contribution in [1.82, 2.24) is 10.3 Å². The molecule has 0 aliphatic rings. The number of benzene rings is 2. The Hall–Kier alpha value is -2.92. The predicted molar refractivity (Wildman–Crippen MR) is 108 cm³/mol. The first-order valence-corrected chi connectivity index (χ1v) is 9.29. The molecule has 5 nitrogen and oxygen atoms in total. The van der Waals surface area contributed by atoms with Crippen molar-refractivity contribution in [1.29, 1.82) is 0 Å². The van der Waals surface area contributed by atoms with Crippen molar-refractivity contribution in [3.63, 3.8) is 0 Å². The standard InChI is InChI=1S/C22H25N3O2/c1-4-27-21-12-8-6-10-17(21)20-15-18(22(26)23-13-14-25(2)3)16-9-5-7-11-19(16)24-20/h5-12,15H,4,13-14H2,1-3H3,(H,23,26)/p+1. The summed E-state index contributed by atoms with van der Waals surface area (Å²) in [5.74, 6) is 0.690. The highest BCUT2D eigenvalue weighted by Gasteiger charge is 2.15. The van der Waals surface area contributed by atoms with Crippen LogP contribution in [-0.2, 0) is 0 Å². The monoisotopic (exact) mass is 364 g/mol. The largest absolute Gasteiger partial charge is 0.493 e. The van der Waals surface area contributed by atoms with Gasteiger partial charge in [-0.05, 0) is 31.2 Å². The van der Waals surface area contributed by atoms with Crippen molar-refractivity contribution in [2.75, 3.05) is 33.8 Å². The van der Waals surface area contributed by atoms with Gasteiger partial charge in [0.2, 0.25) is 0 Å². The summed E-state index contributed by atoms with van der Waals surface area (Å²) in [7, 11) is 4.13. The molecule has 0 aliphatic carbocycles. The summed E-state index contributed by atoms with van der Waals surface area (Å²) >= 11 is 0. The molecule has 3 aromatic rings. The number of nitrogens with one attached hydrogen (secondary N) is 2. The number of quaternary nitrogens is 1. The average molecular weight is 364 g/mol. The highest BCUT2D eigenvalue weighted by molar-refractivity contribution is 6.07. The highest BCUT2D eigenvalue weighted by atomic mass is 16.5. The van der Waals surface area contributed by atoms with Gasteiger partial charge in [-0.25, -0.2) is 4.98 Å². The maximum Gasteiger partial charge on any atom is 0.252 e. The molecule has 3 rings (SSSR count). The molecule has 0 radical (unpaired) electrons. The minimum atomic E-state index is -0.0787. The molecule has 0 saturated carbocycles. The Balaban J connectivity index is 2.05. The molecule has 0 unspecified atom stereocenters. The molecule has 1 aromatic heterocycles. The van der Waals surface area contributed by atoms with Crippen molar-refractivity contribution in [3.8, 4) is 17.0 Å². The van der Waals surface area contributed by atoms with E-state index in [0.717, 1.165) is 34.5 Å². The normalized spacial score (nSPS) is 11.0. The van der Waals surface area contributed by atoms with Crippen molar-refractivity contribution in [3.05, 3.63) is 60.2 Å². The molecule has 0 saturated heterocycles. The Labute approximate surface area is 160 Å². The molecule has 0 aliphatic heterocycles. The van der Waals surface area contributed by atoms with E-state index < -0.39 is 0 Å². The lowest BCUT2D eigenvalue weighted by atomic mass is 10.0. The number of amides is 1. The molecule has 27 heavy (non-hydrogen) atoms. The summed E-state index contributed by atoms with van der Waals surface area (Å²) in [6.45, 7) is 4.03. The fourth-order valence-electron chi connectivity index (χ4n) is 2.98. The third kappa shape index (κ3) is 4.44. The summed E-state index contributed by atoms with van der Waals surface area (Å²) in [6, 6.07) is 17.4. The van der Waals surface area contributed by atoms with Gasteiger partial charge in [-0.1, -0.05) is 30.3 Å². The van der Waals surface area contributed by atoms with Crippen molar-refractivity contribution in [2.24, 2.45) is 0 Å². The number of carbonyl (C=O) groups excluding carboxylic acids is 1. The Morgan fingerprint density at radius 3 is 2.63 bits per heavy atom. The van der Waals surface area contributed by atoms with E-state index in [2.05, 4.69) is 19.4 Å². The van der Waals surface area contributed by atoms with Crippen LogP contribution < -0.4 is 15.0 Å². The number of aromatic nitrogens is 1. The zero-order chi connectivity index (χ0) is 19.2. The van der Waals surface area contributed by atoms with Crippen LogP contribution in [0, 0.1) is 0 Å². The van der Waals surface area contributed by atoms with Gasteiger partial charge in [0, 0.05) is 10.9 Å². The van der Waals surface area contributed by atoms with E-state index in [1.807, 2.05) is 61.5 Å². The van der Waals surface area contributed by atoms with Gasteiger partial charge in [-0.15, -0.1) is 0 Å². The second-order valence-corrected chi connectivity index (χ2v) is 6.71. The molecule has 1 amide bonds. The molecule has 0 bridgehead atoms. The van der Waals surface area contributed by atoms with Crippen molar-refractivity contribution < 1.29 is 14.4 Å². The van der Waals surface area contributed by atoms with Crippen LogP contribution >= 0.6 is 0 Å². The second-order valence-electron chi connectivity index (χ2n) is 6.71. The Morgan fingerprint density at radius 2 is 1.85 bits per heavy atom. The van der Waals surface area contributed by atoms with Crippen LogP contribution in [0.25, 0.3) is 22.2 Å². The predicted octanol–water partition coefficient (Wildman–Crippen LogP) is 2.17. The molecule has 2 aromatic carbocycles. The maximum atomic E-state index is 12.9. The summed E-state index contributed by atoms with van der Waals surface area (Å²) in [5, 5.41) is 3.87. The molecule has 1 heterocycles. The van der Waals surface area contributed by atoms with Gasteiger partial charge in [-0.3, -0.25) is 4.79 Å². The summed E-state index contributed by atoms with van der Waals surface area (Å²) in [6.07, 6.45) is 0. The van der Waals surface area contributed by atoms with Crippen LogP contribution in [0.2, 0.25) is 0 Å². The van der Waals surface area contributed by atoms with Crippen LogP contribution in [0.4, 0.5) is 0 Å². The maximum absolute atomic E-state index is 12.9. The first-order chi connectivity index (χ1) is 13.1. The second kappa shape index (κ2) is 8.64. The molecule has 0 atom stereocenters. The lowest BCUT2D eigenvalue weighted by molar-refractivity contribution is -0.856. The molecule has 5 heteroatoms. The van der Waals surface area contributed by atoms with E-state index in [4.69, 9.17) is 9.72 Å². The first-order valence-electron chi connectivity index (χ1n) is 9.29. The molecular formula is C22H26N3O2+. The van der Waals surface area contributed by atoms with E-state index in [0.29, 0.717) is 18.7 Å². The van der Waals surface area contributed by atoms with Gasteiger partial charge >= 0.3 is 0 Å². The van der Waals surface area contributed by atoms with Crippen LogP contribution in [0.5, 0.6) is 5.75 Å². The number of pyridine rings is 1. The number of rotatable bonds is 7. The van der Waals surface area contributed by atoms with E-state index in [1.54, 1.807) is 0 Å². The van der Waals surface area contributed by atoms with E-state index in [9.17, 15) is 4.79 Å².